The number of nitrogens with one attached hydrogen (secondary N) is 1. The number of rotatable bonds is 5. The van der Waals surface area contributed by atoms with Crippen molar-refractivity contribution >= 4 is 11.7 Å². The maximum atomic E-state index is 12.4. The summed E-state index contributed by atoms with van der Waals surface area (Å²) in [6.07, 6.45) is -4.42. The molecule has 1 aromatic carbocycles. The number of esters is 1. The Bertz CT molecular complexity index is 486. The van der Waals surface area contributed by atoms with Crippen LogP contribution in [0, 0.1) is 0 Å². The molecule has 21 heavy (non-hydrogen) atoms. The first-order valence-corrected chi connectivity index (χ1v) is 6.28. The molecule has 0 fully saturated rings. The fraction of sp³-hybridized carbons (Fsp3) is 0.500. The Kier molecular flexibility index (Phi) is 5.22. The minimum Gasteiger partial charge on any atom is -0.467 e. The standard InChI is InChI=1S/C14H19F3N2O2/c1-13(12(20)21-4,18-9-14(15,16)17)10-5-7-11(8-6-10)19(2)3/h5-8,18H,9H2,1-4H3. The van der Waals surface area contributed by atoms with Gasteiger partial charge in [-0.1, -0.05) is 12.1 Å². The van der Waals surface area contributed by atoms with Crippen LogP contribution < -0.4 is 10.2 Å². The van der Waals surface area contributed by atoms with Crippen molar-refractivity contribution in [2.45, 2.75) is 18.6 Å². The number of ether oxygens (including phenoxy) is 1. The van der Waals surface area contributed by atoms with E-state index in [2.05, 4.69) is 10.1 Å². The summed E-state index contributed by atoms with van der Waals surface area (Å²) in [6.45, 7) is 0.0866. The minimum atomic E-state index is -4.42. The first-order valence-electron chi connectivity index (χ1n) is 6.28. The van der Waals surface area contributed by atoms with E-state index in [4.69, 9.17) is 0 Å². The first kappa shape index (κ1) is 17.3. The lowest BCUT2D eigenvalue weighted by molar-refractivity contribution is -0.153. The normalized spacial score (nSPS) is 14.4. The van der Waals surface area contributed by atoms with Crippen LogP contribution in [0.15, 0.2) is 24.3 Å². The lowest BCUT2D eigenvalue weighted by Gasteiger charge is -2.29. The smallest absolute Gasteiger partial charge is 0.401 e. The Hall–Kier alpha value is -1.76. The average molecular weight is 304 g/mol. The van der Waals surface area contributed by atoms with Crippen molar-refractivity contribution in [1.29, 1.82) is 0 Å². The van der Waals surface area contributed by atoms with E-state index in [9.17, 15) is 18.0 Å². The summed E-state index contributed by atoms with van der Waals surface area (Å²) in [4.78, 5) is 13.8. The highest BCUT2D eigenvalue weighted by Gasteiger charge is 2.40. The molecule has 0 aromatic heterocycles. The summed E-state index contributed by atoms with van der Waals surface area (Å²) < 4.78 is 41.9. The van der Waals surface area contributed by atoms with Gasteiger partial charge in [-0.05, 0) is 24.6 Å². The highest BCUT2D eigenvalue weighted by Crippen LogP contribution is 2.26. The van der Waals surface area contributed by atoms with Crippen molar-refractivity contribution in [3.05, 3.63) is 29.8 Å². The molecule has 7 heteroatoms. The number of methoxy groups -OCH3 is 1. The Morgan fingerprint density at radius 3 is 2.14 bits per heavy atom. The largest absolute Gasteiger partial charge is 0.467 e. The summed E-state index contributed by atoms with van der Waals surface area (Å²) in [6, 6.07) is 6.67. The Labute approximate surface area is 121 Å². The van der Waals surface area contributed by atoms with E-state index in [1.807, 2.05) is 19.0 Å². The highest BCUT2D eigenvalue weighted by molar-refractivity contribution is 5.82. The second kappa shape index (κ2) is 6.34. The summed E-state index contributed by atoms with van der Waals surface area (Å²) in [5.74, 6) is -0.774. The fourth-order valence-electron chi connectivity index (χ4n) is 1.87. The van der Waals surface area contributed by atoms with Gasteiger partial charge >= 0.3 is 12.1 Å². The van der Waals surface area contributed by atoms with E-state index in [-0.39, 0.29) is 0 Å². The van der Waals surface area contributed by atoms with Crippen LogP contribution in [-0.4, -0.2) is 39.9 Å². The molecule has 1 N–H and O–H groups in total. The van der Waals surface area contributed by atoms with Gasteiger partial charge in [0.25, 0.3) is 0 Å². The van der Waals surface area contributed by atoms with Gasteiger partial charge in [0.05, 0.1) is 13.7 Å². The molecule has 118 valence electrons. The molecule has 0 saturated heterocycles. The van der Waals surface area contributed by atoms with Gasteiger partial charge in [0.15, 0.2) is 0 Å². The number of halogens is 3. The molecule has 1 rings (SSSR count). The van der Waals surface area contributed by atoms with Gasteiger partial charge in [-0.25, -0.2) is 4.79 Å². The number of carbonyl (C=O) groups is 1. The van der Waals surface area contributed by atoms with Gasteiger partial charge in [-0.2, -0.15) is 13.2 Å². The fourth-order valence-corrected chi connectivity index (χ4v) is 1.87. The van der Waals surface area contributed by atoms with Crippen molar-refractivity contribution in [2.75, 3.05) is 32.6 Å². The summed E-state index contributed by atoms with van der Waals surface area (Å²) in [5, 5.41) is 2.24. The second-order valence-electron chi connectivity index (χ2n) is 5.03. The number of benzene rings is 1. The number of alkyl halides is 3. The third-order valence-corrected chi connectivity index (χ3v) is 3.20. The van der Waals surface area contributed by atoms with Crippen molar-refractivity contribution in [1.82, 2.24) is 5.32 Å². The number of nitrogens with zero attached hydrogens (tertiary/aromatic N) is 1. The Morgan fingerprint density at radius 1 is 1.24 bits per heavy atom. The van der Waals surface area contributed by atoms with E-state index in [1.54, 1.807) is 24.3 Å². The van der Waals surface area contributed by atoms with Crippen LogP contribution in [0.5, 0.6) is 0 Å². The van der Waals surface area contributed by atoms with Crippen LogP contribution >= 0.6 is 0 Å². The monoisotopic (exact) mass is 304 g/mol. The SMILES string of the molecule is COC(=O)C(C)(NCC(F)(F)F)c1ccc(N(C)C)cc1. The van der Waals surface area contributed by atoms with Gasteiger partial charge in [-0.3, -0.25) is 5.32 Å². The molecule has 1 atom stereocenters. The van der Waals surface area contributed by atoms with E-state index < -0.39 is 24.2 Å². The molecule has 4 nitrogen and oxygen atoms in total. The number of anilines is 1. The molecule has 1 aromatic rings. The van der Waals surface area contributed by atoms with Gasteiger partial charge < -0.3 is 9.64 Å². The highest BCUT2D eigenvalue weighted by atomic mass is 19.4. The molecule has 0 aliphatic rings. The third kappa shape index (κ3) is 4.35. The average Bonchev–Trinajstić information content (AvgIpc) is 2.43. The Balaban J connectivity index is 3.09. The molecule has 0 amide bonds. The van der Waals surface area contributed by atoms with Gasteiger partial charge in [0, 0.05) is 19.8 Å². The van der Waals surface area contributed by atoms with Crippen LogP contribution in [0.25, 0.3) is 0 Å². The second-order valence-corrected chi connectivity index (χ2v) is 5.03. The van der Waals surface area contributed by atoms with E-state index in [0.29, 0.717) is 5.56 Å². The van der Waals surface area contributed by atoms with Gasteiger partial charge in [0.1, 0.15) is 5.54 Å². The van der Waals surface area contributed by atoms with Crippen LogP contribution in [0.1, 0.15) is 12.5 Å². The van der Waals surface area contributed by atoms with Crippen molar-refractivity contribution in [3.63, 3.8) is 0 Å². The number of hydrogen-bond donors (Lipinski definition) is 1. The molecule has 0 aliphatic heterocycles. The van der Waals surface area contributed by atoms with Crippen molar-refractivity contribution < 1.29 is 22.7 Å². The van der Waals surface area contributed by atoms with Crippen molar-refractivity contribution in [2.24, 2.45) is 0 Å². The predicted molar refractivity (Wildman–Crippen MR) is 74.2 cm³/mol. The zero-order chi connectivity index (χ0) is 16.3. The molecule has 0 spiro atoms. The predicted octanol–water partition coefficient (Wildman–Crippen LogP) is 2.29. The third-order valence-electron chi connectivity index (χ3n) is 3.20. The number of carbonyl (C=O) groups excluding carboxylic acids is 1. The molecule has 0 bridgehead atoms. The van der Waals surface area contributed by atoms with E-state index >= 15 is 0 Å². The quantitative estimate of drug-likeness (QED) is 0.848. The van der Waals surface area contributed by atoms with E-state index in [1.165, 1.54) is 6.92 Å². The van der Waals surface area contributed by atoms with Crippen LogP contribution in [0.4, 0.5) is 18.9 Å². The first-order chi connectivity index (χ1) is 9.60. The van der Waals surface area contributed by atoms with E-state index in [0.717, 1.165) is 12.8 Å². The molecular formula is C14H19F3N2O2. The van der Waals surface area contributed by atoms with Crippen LogP contribution in [0.3, 0.4) is 0 Å². The molecule has 1 unspecified atom stereocenters. The zero-order valence-corrected chi connectivity index (χ0v) is 12.4. The Morgan fingerprint density at radius 2 is 1.76 bits per heavy atom. The van der Waals surface area contributed by atoms with Crippen LogP contribution in [0.2, 0.25) is 0 Å². The zero-order valence-electron chi connectivity index (χ0n) is 12.4. The molecule has 0 radical (unpaired) electrons. The minimum absolute atomic E-state index is 0.407. The maximum absolute atomic E-state index is 12.4. The van der Waals surface area contributed by atoms with Gasteiger partial charge in [-0.15, -0.1) is 0 Å². The number of hydrogen-bond acceptors (Lipinski definition) is 4. The van der Waals surface area contributed by atoms with Gasteiger partial charge in [0.2, 0.25) is 0 Å². The summed E-state index contributed by atoms with van der Waals surface area (Å²) in [5.41, 5.74) is -0.277. The van der Waals surface area contributed by atoms with Crippen molar-refractivity contribution in [3.8, 4) is 0 Å². The summed E-state index contributed by atoms with van der Waals surface area (Å²) in [7, 11) is 4.83. The van der Waals surface area contributed by atoms with Crippen LogP contribution in [-0.2, 0) is 15.1 Å². The molecule has 0 heterocycles. The maximum Gasteiger partial charge on any atom is 0.401 e. The molecular weight excluding hydrogens is 285 g/mol. The summed E-state index contributed by atoms with van der Waals surface area (Å²) >= 11 is 0. The topological polar surface area (TPSA) is 41.6 Å². The molecule has 0 aliphatic carbocycles. The molecule has 0 saturated carbocycles. The lowest BCUT2D eigenvalue weighted by Crippen LogP contribution is -2.50. The lowest BCUT2D eigenvalue weighted by atomic mass is 9.91.